The molecule has 0 amide bonds. The van der Waals surface area contributed by atoms with E-state index < -0.39 is 20.6 Å². The highest BCUT2D eigenvalue weighted by Gasteiger charge is 2.14. The van der Waals surface area contributed by atoms with E-state index in [0.29, 0.717) is 12.2 Å². The van der Waals surface area contributed by atoms with Crippen molar-refractivity contribution in [3.05, 3.63) is 0 Å². The average Bonchev–Trinajstić information content (AvgIpc) is 1.80. The minimum absolute atomic E-state index is 0.369. The maximum absolute atomic E-state index is 10.8. The lowest BCUT2D eigenvalue weighted by Gasteiger charge is -2.06. The maximum Gasteiger partial charge on any atom is 0.150 e. The Morgan fingerprint density at radius 2 is 1.91 bits per heavy atom. The first-order valence-corrected chi connectivity index (χ1v) is 7.01. The lowest BCUT2D eigenvalue weighted by Crippen LogP contribution is -2.18. The molecule has 0 bridgehead atoms. The molecule has 5 heteroatoms. The van der Waals surface area contributed by atoms with Crippen LogP contribution in [-0.4, -0.2) is 36.1 Å². The molecule has 0 heterocycles. The molecule has 2 atom stereocenters. The summed E-state index contributed by atoms with van der Waals surface area (Å²) in [6, 6.07) is 0. The van der Waals surface area contributed by atoms with Crippen LogP contribution < -0.4 is 0 Å². The fraction of sp³-hybridized carbons (Fsp3) is 1.00. The van der Waals surface area contributed by atoms with Crippen molar-refractivity contribution in [2.24, 2.45) is 0 Å². The van der Waals surface area contributed by atoms with Gasteiger partial charge >= 0.3 is 0 Å². The van der Waals surface area contributed by atoms with Crippen molar-refractivity contribution in [1.82, 2.24) is 0 Å². The van der Waals surface area contributed by atoms with E-state index in [2.05, 4.69) is 0 Å². The van der Waals surface area contributed by atoms with Crippen molar-refractivity contribution in [3.63, 3.8) is 0 Å². The summed E-state index contributed by atoms with van der Waals surface area (Å²) in [6.45, 7) is 1.64. The van der Waals surface area contributed by atoms with Crippen molar-refractivity contribution < 1.29 is 12.6 Å². The molecule has 0 aromatic carbocycles. The second-order valence-corrected chi connectivity index (χ2v) is 6.72. The minimum atomic E-state index is -2.93. The molecule has 0 fully saturated rings. The van der Waals surface area contributed by atoms with Crippen LogP contribution in [0.3, 0.4) is 0 Å². The van der Waals surface area contributed by atoms with Crippen LogP contribution in [0.15, 0.2) is 0 Å². The Bertz CT molecular complexity index is 230. The lowest BCUT2D eigenvalue weighted by molar-refractivity contribution is 0.587. The van der Waals surface area contributed by atoms with Gasteiger partial charge in [-0.05, 0) is 13.3 Å². The van der Waals surface area contributed by atoms with E-state index in [-0.39, 0.29) is 5.25 Å². The van der Waals surface area contributed by atoms with Gasteiger partial charge in [-0.15, -0.1) is 0 Å². The van der Waals surface area contributed by atoms with Gasteiger partial charge in [0.15, 0.2) is 0 Å². The minimum Gasteiger partial charge on any atom is -0.260 e. The molecule has 0 aliphatic carbocycles. The molecule has 0 aliphatic rings. The van der Waals surface area contributed by atoms with Crippen LogP contribution in [0.5, 0.6) is 0 Å². The Morgan fingerprint density at radius 1 is 1.45 bits per heavy atom. The molecule has 0 radical (unpaired) electrons. The summed E-state index contributed by atoms with van der Waals surface area (Å²) in [5.74, 6) is 0.467. The summed E-state index contributed by atoms with van der Waals surface area (Å²) in [6.07, 6.45) is 3.27. The Kier molecular flexibility index (Phi) is 4.25. The van der Waals surface area contributed by atoms with Crippen molar-refractivity contribution in [3.8, 4) is 0 Å². The summed E-state index contributed by atoms with van der Waals surface area (Å²) in [5, 5.41) is -0.369. The molecule has 0 saturated heterocycles. The zero-order valence-electron chi connectivity index (χ0n) is 7.03. The molecule has 0 saturated carbocycles. The fourth-order valence-corrected chi connectivity index (χ4v) is 1.93. The van der Waals surface area contributed by atoms with Gasteiger partial charge in [0, 0.05) is 29.1 Å². The van der Waals surface area contributed by atoms with Crippen molar-refractivity contribution >= 4 is 20.6 Å². The molecule has 68 valence electrons. The van der Waals surface area contributed by atoms with Crippen LogP contribution in [0.1, 0.15) is 13.3 Å². The van der Waals surface area contributed by atoms with Crippen LogP contribution in [-0.2, 0) is 20.6 Å². The highest BCUT2D eigenvalue weighted by molar-refractivity contribution is 7.91. The molecule has 0 aliphatic heterocycles. The number of rotatable bonds is 4. The van der Waals surface area contributed by atoms with Gasteiger partial charge in [-0.2, -0.15) is 0 Å². The van der Waals surface area contributed by atoms with Crippen LogP contribution >= 0.6 is 0 Å². The van der Waals surface area contributed by atoms with Gasteiger partial charge in [0.2, 0.25) is 0 Å². The van der Waals surface area contributed by atoms with Crippen molar-refractivity contribution in [2.75, 3.05) is 18.3 Å². The van der Waals surface area contributed by atoms with Crippen LogP contribution in [0.2, 0.25) is 0 Å². The molecule has 0 spiro atoms. The summed E-state index contributed by atoms with van der Waals surface area (Å²) in [7, 11) is -3.82. The Hall–Kier alpha value is 0.1000. The van der Waals surface area contributed by atoms with E-state index in [1.165, 1.54) is 6.26 Å². The van der Waals surface area contributed by atoms with E-state index in [4.69, 9.17) is 0 Å². The maximum atomic E-state index is 10.8. The van der Waals surface area contributed by atoms with Crippen molar-refractivity contribution in [2.45, 2.75) is 18.6 Å². The largest absolute Gasteiger partial charge is 0.260 e. The monoisotopic (exact) mass is 198 g/mol. The van der Waals surface area contributed by atoms with Crippen LogP contribution in [0.4, 0.5) is 0 Å². The molecular formula is C6H14O3S2. The quantitative estimate of drug-likeness (QED) is 0.648. The van der Waals surface area contributed by atoms with E-state index in [1.807, 2.05) is 0 Å². The molecule has 3 nitrogen and oxygen atoms in total. The van der Waals surface area contributed by atoms with Crippen molar-refractivity contribution in [1.29, 1.82) is 0 Å². The van der Waals surface area contributed by atoms with Gasteiger partial charge in [-0.1, -0.05) is 0 Å². The zero-order chi connectivity index (χ0) is 9.07. The van der Waals surface area contributed by atoms with E-state index in [0.717, 1.165) is 0 Å². The normalized spacial score (nSPS) is 17.7. The van der Waals surface area contributed by atoms with Crippen LogP contribution in [0.25, 0.3) is 0 Å². The molecular weight excluding hydrogens is 184 g/mol. The Morgan fingerprint density at radius 3 is 2.18 bits per heavy atom. The van der Waals surface area contributed by atoms with Gasteiger partial charge in [-0.25, -0.2) is 8.42 Å². The molecule has 11 heavy (non-hydrogen) atoms. The van der Waals surface area contributed by atoms with E-state index in [9.17, 15) is 12.6 Å². The second kappa shape index (κ2) is 4.21. The number of hydrogen-bond donors (Lipinski definition) is 0. The summed E-state index contributed by atoms with van der Waals surface area (Å²) >= 11 is 0. The first kappa shape index (κ1) is 11.1. The van der Waals surface area contributed by atoms with Gasteiger partial charge in [0.1, 0.15) is 9.84 Å². The Balaban J connectivity index is 3.90. The van der Waals surface area contributed by atoms with Gasteiger partial charge in [0.05, 0.1) is 5.25 Å². The molecule has 0 aromatic heterocycles. The van der Waals surface area contributed by atoms with E-state index in [1.54, 1.807) is 13.2 Å². The van der Waals surface area contributed by atoms with E-state index >= 15 is 0 Å². The lowest BCUT2D eigenvalue weighted by atomic mass is 10.4. The third-order valence-electron chi connectivity index (χ3n) is 1.54. The predicted molar refractivity (Wildman–Crippen MR) is 47.9 cm³/mol. The van der Waals surface area contributed by atoms with Gasteiger partial charge in [-0.3, -0.25) is 4.21 Å². The third kappa shape index (κ3) is 5.38. The Labute approximate surface area is 70.6 Å². The molecule has 0 rings (SSSR count). The smallest absolute Gasteiger partial charge is 0.150 e. The number of sulfone groups is 1. The highest BCUT2D eigenvalue weighted by Crippen LogP contribution is 2.03. The highest BCUT2D eigenvalue weighted by atomic mass is 32.2. The molecule has 2 unspecified atom stereocenters. The second-order valence-electron chi connectivity index (χ2n) is 2.71. The van der Waals surface area contributed by atoms with Crippen LogP contribution in [0, 0.1) is 0 Å². The van der Waals surface area contributed by atoms with Gasteiger partial charge < -0.3 is 0 Å². The molecule has 0 aromatic rings. The topological polar surface area (TPSA) is 51.2 Å². The first-order chi connectivity index (χ1) is 4.84. The standard InChI is InChI=1S/C6H14O3S2/c1-6(11(3,8)9)4-5-10(2)7/h6H,4-5H2,1-3H3. The summed E-state index contributed by atoms with van der Waals surface area (Å²) in [4.78, 5) is 0. The predicted octanol–water partition coefficient (Wildman–Crippen LogP) is 0.188. The fourth-order valence-electron chi connectivity index (χ4n) is 0.546. The van der Waals surface area contributed by atoms with Gasteiger partial charge in [0.25, 0.3) is 0 Å². The summed E-state index contributed by atoms with van der Waals surface area (Å²) in [5.41, 5.74) is 0. The zero-order valence-corrected chi connectivity index (χ0v) is 8.67. The SMILES string of the molecule is CC(CCS(C)=O)S(C)(=O)=O. The number of hydrogen-bond acceptors (Lipinski definition) is 3. The third-order valence-corrected chi connectivity index (χ3v) is 4.05. The molecule has 0 N–H and O–H groups in total. The summed E-state index contributed by atoms with van der Waals surface area (Å²) < 4.78 is 32.3. The average molecular weight is 198 g/mol. The first-order valence-electron chi connectivity index (χ1n) is 3.33.